The number of carbonyl (C=O) groups excluding carboxylic acids is 3. The van der Waals surface area contributed by atoms with E-state index in [1.54, 1.807) is 11.3 Å². The van der Waals surface area contributed by atoms with Crippen molar-refractivity contribution in [3.8, 4) is 0 Å². The van der Waals surface area contributed by atoms with Crippen molar-refractivity contribution < 1.29 is 14.4 Å². The lowest BCUT2D eigenvalue weighted by molar-refractivity contribution is -0.129. The SMILES string of the molecule is C=C(CN(C)C)C(=O)CC[C@H](Cc1ccccc1)NC(=O)[C@@H](CC(C)=O)Cc1nc2ccc(C(C)C)cc2s1. The maximum Gasteiger partial charge on any atom is 0.224 e. The molecule has 0 saturated carbocycles. The first kappa shape index (κ1) is 30.4. The van der Waals surface area contributed by atoms with Crippen LogP contribution in [0.2, 0.25) is 0 Å². The Morgan fingerprint density at radius 2 is 1.77 bits per heavy atom. The summed E-state index contributed by atoms with van der Waals surface area (Å²) in [5.41, 5.74) is 3.82. The standard InChI is InChI=1S/C32H41N3O3S/c1-21(2)25-12-14-28-30(18-25)39-31(34-28)19-26(16-23(4)36)32(38)33-27(17-24-10-8-7-9-11-24)13-15-29(37)22(3)20-35(5)6/h7-12,14,18,21,26-27H,3,13,15-17,19-20H2,1-2,4-6H3,(H,33,38)/t26-,27+/m0/s1. The summed E-state index contributed by atoms with van der Waals surface area (Å²) in [4.78, 5) is 45.1. The molecule has 39 heavy (non-hydrogen) atoms. The third-order valence-electron chi connectivity index (χ3n) is 6.74. The Morgan fingerprint density at radius 3 is 2.41 bits per heavy atom. The Kier molecular flexibility index (Phi) is 11.1. The van der Waals surface area contributed by atoms with Crippen LogP contribution in [0.5, 0.6) is 0 Å². The lowest BCUT2D eigenvalue weighted by Gasteiger charge is -2.23. The molecular weight excluding hydrogens is 506 g/mol. The average Bonchev–Trinajstić information content (AvgIpc) is 3.28. The van der Waals surface area contributed by atoms with Gasteiger partial charge in [0.15, 0.2) is 5.78 Å². The summed E-state index contributed by atoms with van der Waals surface area (Å²) in [6.07, 6.45) is 1.95. The second-order valence-corrected chi connectivity index (χ2v) is 12.1. The fourth-order valence-electron chi connectivity index (χ4n) is 4.65. The van der Waals surface area contributed by atoms with Gasteiger partial charge in [0.2, 0.25) is 5.91 Å². The van der Waals surface area contributed by atoms with E-state index in [4.69, 9.17) is 4.98 Å². The Hall–Kier alpha value is -3.16. The molecule has 0 aliphatic carbocycles. The number of carbonyl (C=O) groups is 3. The molecule has 3 rings (SSSR count). The van der Waals surface area contributed by atoms with E-state index in [1.807, 2.05) is 55.4 Å². The van der Waals surface area contributed by atoms with Crippen LogP contribution in [0, 0.1) is 5.92 Å². The van der Waals surface area contributed by atoms with E-state index in [1.165, 1.54) is 12.5 Å². The van der Waals surface area contributed by atoms with Gasteiger partial charge < -0.3 is 15.0 Å². The molecule has 0 radical (unpaired) electrons. The van der Waals surface area contributed by atoms with Crippen LogP contribution in [-0.2, 0) is 27.2 Å². The van der Waals surface area contributed by atoms with Gasteiger partial charge in [-0.1, -0.05) is 56.8 Å². The van der Waals surface area contributed by atoms with E-state index in [9.17, 15) is 14.4 Å². The molecule has 0 saturated heterocycles. The summed E-state index contributed by atoms with van der Waals surface area (Å²) in [5.74, 6) is -0.303. The van der Waals surface area contributed by atoms with Gasteiger partial charge in [0.25, 0.3) is 0 Å². The number of thiazole rings is 1. The van der Waals surface area contributed by atoms with E-state index in [0.717, 1.165) is 20.8 Å². The molecule has 2 atom stereocenters. The molecule has 1 aromatic heterocycles. The van der Waals surface area contributed by atoms with Gasteiger partial charge >= 0.3 is 0 Å². The first-order valence-electron chi connectivity index (χ1n) is 13.6. The zero-order valence-electron chi connectivity index (χ0n) is 23.8. The number of rotatable bonds is 15. The van der Waals surface area contributed by atoms with Gasteiger partial charge in [-0.25, -0.2) is 4.98 Å². The quantitative estimate of drug-likeness (QED) is 0.245. The van der Waals surface area contributed by atoms with Crippen molar-refractivity contribution in [3.63, 3.8) is 0 Å². The van der Waals surface area contributed by atoms with Crippen molar-refractivity contribution in [2.75, 3.05) is 20.6 Å². The average molecular weight is 548 g/mol. The topological polar surface area (TPSA) is 79.4 Å². The highest BCUT2D eigenvalue weighted by Gasteiger charge is 2.26. The van der Waals surface area contributed by atoms with Crippen LogP contribution in [0.3, 0.4) is 0 Å². The van der Waals surface area contributed by atoms with E-state index >= 15 is 0 Å². The predicted molar refractivity (Wildman–Crippen MR) is 160 cm³/mol. The highest BCUT2D eigenvalue weighted by Crippen LogP contribution is 2.28. The number of Topliss-reactive ketones (excluding diaryl/α,β-unsaturated/α-hetero) is 2. The molecule has 208 valence electrons. The van der Waals surface area contributed by atoms with Crippen molar-refractivity contribution in [2.24, 2.45) is 5.92 Å². The van der Waals surface area contributed by atoms with Crippen LogP contribution in [0.4, 0.5) is 0 Å². The van der Waals surface area contributed by atoms with Crippen molar-refractivity contribution in [1.82, 2.24) is 15.2 Å². The third-order valence-corrected chi connectivity index (χ3v) is 7.78. The minimum atomic E-state index is -0.523. The van der Waals surface area contributed by atoms with Crippen molar-refractivity contribution in [2.45, 2.75) is 64.8 Å². The number of fused-ring (bicyclic) bond motifs is 1. The molecule has 0 spiro atoms. The Morgan fingerprint density at radius 1 is 1.05 bits per heavy atom. The highest BCUT2D eigenvalue weighted by molar-refractivity contribution is 7.18. The minimum absolute atomic E-state index is 0.00605. The summed E-state index contributed by atoms with van der Waals surface area (Å²) in [6.45, 7) is 10.3. The van der Waals surface area contributed by atoms with Gasteiger partial charge in [-0.2, -0.15) is 0 Å². The lowest BCUT2D eigenvalue weighted by atomic mass is 9.95. The number of benzene rings is 2. The molecular formula is C32H41N3O3S. The van der Waals surface area contributed by atoms with Crippen LogP contribution < -0.4 is 5.32 Å². The first-order chi connectivity index (χ1) is 18.5. The third kappa shape index (κ3) is 9.52. The van der Waals surface area contributed by atoms with Crippen LogP contribution in [0.25, 0.3) is 10.2 Å². The summed E-state index contributed by atoms with van der Waals surface area (Å²) in [6, 6.07) is 16.0. The Bertz CT molecular complexity index is 1300. The smallest absolute Gasteiger partial charge is 0.224 e. The van der Waals surface area contributed by atoms with Crippen LogP contribution in [0.1, 0.15) is 62.1 Å². The number of nitrogens with one attached hydrogen (secondary N) is 1. The van der Waals surface area contributed by atoms with Gasteiger partial charge in [-0.15, -0.1) is 11.3 Å². The van der Waals surface area contributed by atoms with Gasteiger partial charge in [0.05, 0.1) is 21.1 Å². The van der Waals surface area contributed by atoms with Crippen molar-refractivity contribution in [1.29, 1.82) is 0 Å². The predicted octanol–water partition coefficient (Wildman–Crippen LogP) is 5.75. The Labute approximate surface area is 236 Å². The van der Waals surface area contributed by atoms with Crippen LogP contribution in [0.15, 0.2) is 60.7 Å². The number of ketones is 2. The normalized spacial score (nSPS) is 13.0. The number of nitrogens with zero attached hydrogens (tertiary/aromatic N) is 2. The fourth-order valence-corrected chi connectivity index (χ4v) is 5.74. The van der Waals surface area contributed by atoms with Crippen LogP contribution >= 0.6 is 11.3 Å². The zero-order valence-corrected chi connectivity index (χ0v) is 24.6. The second kappa shape index (κ2) is 14.3. The van der Waals surface area contributed by atoms with Gasteiger partial charge in [0.1, 0.15) is 5.78 Å². The molecule has 1 heterocycles. The van der Waals surface area contributed by atoms with E-state index in [2.05, 4.69) is 37.9 Å². The number of aromatic nitrogens is 1. The minimum Gasteiger partial charge on any atom is -0.353 e. The maximum atomic E-state index is 13.6. The summed E-state index contributed by atoms with van der Waals surface area (Å²) < 4.78 is 1.09. The van der Waals surface area contributed by atoms with E-state index in [0.29, 0.717) is 43.7 Å². The zero-order chi connectivity index (χ0) is 28.5. The van der Waals surface area contributed by atoms with Crippen LogP contribution in [-0.4, -0.2) is 54.0 Å². The number of likely N-dealkylation sites (N-methyl/N-ethyl adjacent to an activating group) is 1. The molecule has 0 aliphatic heterocycles. The first-order valence-corrected chi connectivity index (χ1v) is 14.4. The van der Waals surface area contributed by atoms with Gasteiger partial charge in [-0.3, -0.25) is 9.59 Å². The number of hydrogen-bond donors (Lipinski definition) is 1. The van der Waals surface area contributed by atoms with Crippen molar-refractivity contribution in [3.05, 3.63) is 76.8 Å². The fraction of sp³-hybridized carbons (Fsp3) is 0.438. The maximum absolute atomic E-state index is 13.6. The van der Waals surface area contributed by atoms with E-state index < -0.39 is 5.92 Å². The molecule has 3 aromatic rings. The number of hydrogen-bond acceptors (Lipinski definition) is 6. The molecule has 7 heteroatoms. The van der Waals surface area contributed by atoms with Gasteiger partial charge in [-0.05, 0) is 63.0 Å². The molecule has 0 bridgehead atoms. The highest BCUT2D eigenvalue weighted by atomic mass is 32.1. The summed E-state index contributed by atoms with van der Waals surface area (Å²) >= 11 is 1.58. The molecule has 2 aromatic carbocycles. The monoisotopic (exact) mass is 547 g/mol. The largest absolute Gasteiger partial charge is 0.353 e. The lowest BCUT2D eigenvalue weighted by Crippen LogP contribution is -2.41. The molecule has 0 fully saturated rings. The molecule has 0 aliphatic rings. The molecule has 6 nitrogen and oxygen atoms in total. The summed E-state index contributed by atoms with van der Waals surface area (Å²) in [5, 5.41) is 4.03. The van der Waals surface area contributed by atoms with Gasteiger partial charge in [0, 0.05) is 37.4 Å². The van der Waals surface area contributed by atoms with E-state index in [-0.39, 0.29) is 29.9 Å². The Balaban J connectivity index is 1.76. The molecule has 1 N–H and O–H groups in total. The second-order valence-electron chi connectivity index (χ2n) is 11.0. The van der Waals surface area contributed by atoms with Crippen molar-refractivity contribution >= 4 is 39.0 Å². The number of amides is 1. The summed E-state index contributed by atoms with van der Waals surface area (Å²) in [7, 11) is 3.81. The molecule has 1 amide bonds. The molecule has 0 unspecified atom stereocenters.